The highest BCUT2D eigenvalue weighted by Crippen LogP contribution is 2.42. The van der Waals surface area contributed by atoms with Gasteiger partial charge < -0.3 is 24.8 Å². The molecule has 5 heterocycles. The predicted octanol–water partition coefficient (Wildman–Crippen LogP) is 6.60. The lowest BCUT2D eigenvalue weighted by molar-refractivity contribution is -0.155. The first-order valence-corrected chi connectivity index (χ1v) is 23.8. The molecule has 6 atom stereocenters. The number of benzene rings is 2. The molecule has 4 aromatic rings. The fraction of sp³-hybridized carbons (Fsp3) is 0.538. The van der Waals surface area contributed by atoms with Crippen molar-refractivity contribution in [2.75, 3.05) is 26.7 Å². The number of likely N-dealkylation sites (N-methyl/N-ethyl adjacent to an activating group) is 1. The number of Topliss-reactive ketones (excluding diaryl/α,β-unsaturated/α-hetero) is 1. The van der Waals surface area contributed by atoms with Gasteiger partial charge >= 0.3 is 5.97 Å². The Kier molecular flexibility index (Phi) is 13.4. The first-order chi connectivity index (χ1) is 31.0. The SMILES string of the molecule is CCn1c(-c2cccnc2C(C)C)c2c3cc(ccc31)-c1cccc(c1)C[C@H](NC(=O)[C@H](C(C)C)N(C)C(=O)[C@H]1CCC(C(=O)[C@H]3CN3)C1)C(=O)N1CCC[C@H](N1)C(=O)OCC(C)(C)C2. The van der Waals surface area contributed by atoms with Gasteiger partial charge in [-0.05, 0) is 104 Å². The number of hydrogen-bond donors (Lipinski definition) is 3. The number of fused-ring (bicyclic) bond motifs is 6. The van der Waals surface area contributed by atoms with Crippen LogP contribution in [0.25, 0.3) is 33.3 Å². The molecule has 2 saturated heterocycles. The summed E-state index contributed by atoms with van der Waals surface area (Å²) in [7, 11) is 1.66. The van der Waals surface area contributed by atoms with Gasteiger partial charge in [-0.2, -0.15) is 0 Å². The second kappa shape index (κ2) is 18.8. The topological polar surface area (TPSA) is 165 Å². The summed E-state index contributed by atoms with van der Waals surface area (Å²) in [5.74, 6) is -1.80. The molecule has 2 aromatic heterocycles. The third kappa shape index (κ3) is 9.63. The zero-order valence-corrected chi connectivity index (χ0v) is 39.4. The summed E-state index contributed by atoms with van der Waals surface area (Å²) in [4.78, 5) is 76.4. The first kappa shape index (κ1) is 46.1. The Labute approximate surface area is 383 Å². The van der Waals surface area contributed by atoms with E-state index in [-0.39, 0.29) is 60.3 Å². The number of rotatable bonds is 10. The van der Waals surface area contributed by atoms with Gasteiger partial charge in [-0.3, -0.25) is 34.0 Å². The van der Waals surface area contributed by atoms with Crippen molar-refractivity contribution in [3.63, 3.8) is 0 Å². The van der Waals surface area contributed by atoms with Crippen LogP contribution < -0.4 is 16.1 Å². The Bertz CT molecular complexity index is 2470. The molecule has 0 spiro atoms. The number of nitrogens with zero attached hydrogens (tertiary/aromatic N) is 4. The predicted molar refractivity (Wildman–Crippen MR) is 251 cm³/mol. The minimum Gasteiger partial charge on any atom is -0.464 e. The maximum Gasteiger partial charge on any atom is 0.324 e. The van der Waals surface area contributed by atoms with Crippen LogP contribution in [-0.4, -0.2) is 99.8 Å². The molecule has 3 aliphatic heterocycles. The fourth-order valence-corrected chi connectivity index (χ4v) is 10.6. The number of carbonyl (C=O) groups excluding carboxylic acids is 5. The average molecular weight is 886 g/mol. The first-order valence-electron chi connectivity index (χ1n) is 23.8. The summed E-state index contributed by atoms with van der Waals surface area (Å²) in [5.41, 5.74) is 11.1. The van der Waals surface area contributed by atoms with Crippen molar-refractivity contribution >= 4 is 40.4 Å². The molecule has 0 radical (unpaired) electrons. The lowest BCUT2D eigenvalue weighted by Crippen LogP contribution is -2.62. The highest BCUT2D eigenvalue weighted by molar-refractivity contribution is 5.96. The summed E-state index contributed by atoms with van der Waals surface area (Å²) >= 11 is 0. The van der Waals surface area contributed by atoms with E-state index in [0.29, 0.717) is 51.6 Å². The Morgan fingerprint density at radius 1 is 0.985 bits per heavy atom. The third-order valence-corrected chi connectivity index (χ3v) is 14.0. The summed E-state index contributed by atoms with van der Waals surface area (Å²) in [6, 6.07) is 16.1. The van der Waals surface area contributed by atoms with Crippen molar-refractivity contribution < 1.29 is 28.7 Å². The second-order valence-electron chi connectivity index (χ2n) is 20.3. The smallest absolute Gasteiger partial charge is 0.324 e. The van der Waals surface area contributed by atoms with Crippen LogP contribution in [-0.2, 0) is 48.1 Å². The molecule has 13 nitrogen and oxygen atoms in total. The molecule has 3 N–H and O–H groups in total. The zero-order chi connectivity index (χ0) is 46.3. The number of ether oxygens (including phenoxy) is 1. The van der Waals surface area contributed by atoms with Crippen LogP contribution in [0.5, 0.6) is 0 Å². The second-order valence-corrected chi connectivity index (χ2v) is 20.3. The molecule has 13 heteroatoms. The molecule has 2 aromatic carbocycles. The lowest BCUT2D eigenvalue weighted by Gasteiger charge is -2.37. The van der Waals surface area contributed by atoms with E-state index in [1.165, 1.54) is 15.5 Å². The molecule has 3 amide bonds. The standard InChI is InChI=1S/C52H67N7O6/c1-9-58-43-20-19-34-26-38(43)39(46(58)37-15-11-21-53-44(37)30(2)3)27-52(6,7)29-65-51(64)40-16-12-22-59(56-40)50(63)41(24-32-13-10-14-33(34)23-32)55-48(61)45(31(4)5)57(8)49(62)36-18-17-35(25-36)47(60)42-28-54-42/h10-11,13-15,19-21,23,26,30-31,35-36,40-42,45,54,56H,9,12,16-18,22,24-25,27-29H2,1-8H3,(H,55,61)/t35?,36-,40-,41-,42+,45-/m0/s1. The van der Waals surface area contributed by atoms with E-state index in [2.05, 4.69) is 91.6 Å². The van der Waals surface area contributed by atoms with Crippen LogP contribution in [0.3, 0.4) is 0 Å². The van der Waals surface area contributed by atoms with E-state index in [1.807, 2.05) is 38.2 Å². The van der Waals surface area contributed by atoms with Crippen molar-refractivity contribution in [1.29, 1.82) is 0 Å². The number of cyclic esters (lactones) is 1. The lowest BCUT2D eigenvalue weighted by atomic mass is 9.83. The van der Waals surface area contributed by atoms with Gasteiger partial charge in [0.25, 0.3) is 5.91 Å². The van der Waals surface area contributed by atoms with Crippen molar-refractivity contribution in [2.24, 2.45) is 23.2 Å². The van der Waals surface area contributed by atoms with Crippen LogP contribution in [0.1, 0.15) is 103 Å². The van der Waals surface area contributed by atoms with Gasteiger partial charge in [0, 0.05) is 73.0 Å². The van der Waals surface area contributed by atoms with Gasteiger partial charge in [-0.1, -0.05) is 71.9 Å². The Morgan fingerprint density at radius 2 is 1.74 bits per heavy atom. The van der Waals surface area contributed by atoms with Crippen molar-refractivity contribution in [1.82, 2.24) is 35.5 Å². The number of pyridine rings is 1. The fourth-order valence-electron chi connectivity index (χ4n) is 10.6. The van der Waals surface area contributed by atoms with E-state index in [1.54, 1.807) is 7.05 Å². The molecular weight excluding hydrogens is 819 g/mol. The van der Waals surface area contributed by atoms with Crippen LogP contribution >= 0.6 is 0 Å². The van der Waals surface area contributed by atoms with Crippen molar-refractivity contribution in [2.45, 2.75) is 130 Å². The number of aryl methyl sites for hydroxylation is 1. The Balaban J connectivity index is 1.16. The summed E-state index contributed by atoms with van der Waals surface area (Å²) in [5, 5.41) is 8.76. The zero-order valence-electron chi connectivity index (χ0n) is 39.4. The van der Waals surface area contributed by atoms with Gasteiger partial charge in [0.1, 0.15) is 18.1 Å². The molecule has 1 aliphatic carbocycles. The molecular formula is C52H67N7O6. The third-order valence-electron chi connectivity index (χ3n) is 14.0. The molecule has 65 heavy (non-hydrogen) atoms. The number of hydrogen-bond acceptors (Lipinski definition) is 9. The number of carbonyl (C=O) groups is 5. The molecule has 1 saturated carbocycles. The molecule has 3 fully saturated rings. The molecule has 4 aliphatic rings. The quantitative estimate of drug-likeness (QED) is 0.118. The van der Waals surface area contributed by atoms with Gasteiger partial charge in [-0.15, -0.1) is 0 Å². The van der Waals surface area contributed by atoms with Gasteiger partial charge in [0.2, 0.25) is 11.8 Å². The van der Waals surface area contributed by atoms with E-state index in [4.69, 9.17) is 9.72 Å². The molecule has 1 unspecified atom stereocenters. The maximum atomic E-state index is 14.7. The van der Waals surface area contributed by atoms with E-state index < -0.39 is 35.4 Å². The largest absolute Gasteiger partial charge is 0.464 e. The summed E-state index contributed by atoms with van der Waals surface area (Å²) in [6.07, 6.45) is 5.47. The number of ketones is 1. The minimum absolute atomic E-state index is 0.0984. The van der Waals surface area contributed by atoms with Crippen molar-refractivity contribution in [3.8, 4) is 22.4 Å². The van der Waals surface area contributed by atoms with Crippen LogP contribution in [0.4, 0.5) is 0 Å². The molecule has 6 bridgehead atoms. The Hall–Kier alpha value is -5.40. The van der Waals surface area contributed by atoms with Crippen LogP contribution in [0.15, 0.2) is 60.8 Å². The van der Waals surface area contributed by atoms with Crippen molar-refractivity contribution in [3.05, 3.63) is 77.6 Å². The highest BCUT2D eigenvalue weighted by Gasteiger charge is 2.43. The summed E-state index contributed by atoms with van der Waals surface area (Å²) < 4.78 is 8.52. The van der Waals surface area contributed by atoms with Gasteiger partial charge in [0.15, 0.2) is 5.78 Å². The van der Waals surface area contributed by atoms with Crippen LogP contribution in [0, 0.1) is 23.2 Å². The summed E-state index contributed by atoms with van der Waals surface area (Å²) in [6.45, 7) is 16.5. The van der Waals surface area contributed by atoms with E-state index in [9.17, 15) is 24.0 Å². The van der Waals surface area contributed by atoms with Gasteiger partial charge in [0.05, 0.1) is 24.0 Å². The molecule has 346 valence electrons. The maximum absolute atomic E-state index is 14.7. The normalized spacial score (nSPS) is 23.8. The number of aromatic nitrogens is 2. The monoisotopic (exact) mass is 886 g/mol. The number of amides is 3. The van der Waals surface area contributed by atoms with E-state index >= 15 is 0 Å². The van der Waals surface area contributed by atoms with Gasteiger partial charge in [-0.25, -0.2) is 5.43 Å². The molecule has 8 rings (SSSR count). The van der Waals surface area contributed by atoms with E-state index in [0.717, 1.165) is 51.1 Å². The number of hydrazine groups is 1. The van der Waals surface area contributed by atoms with Crippen LogP contribution in [0.2, 0.25) is 0 Å². The Morgan fingerprint density at radius 3 is 2.46 bits per heavy atom. The highest BCUT2D eigenvalue weighted by atomic mass is 16.5. The average Bonchev–Trinajstić information content (AvgIpc) is 3.95. The minimum atomic E-state index is -1.02. The number of esters is 1. The number of nitrogens with one attached hydrogen (secondary N) is 3.